The van der Waals surface area contributed by atoms with Crippen LogP contribution in [0.4, 0.5) is 0 Å². The molecule has 0 radical (unpaired) electrons. The highest BCUT2D eigenvalue weighted by Gasteiger charge is 2.26. The maximum Gasteiger partial charge on any atom is 0.352 e. The van der Waals surface area contributed by atoms with Crippen LogP contribution in [0.25, 0.3) is 0 Å². The predicted octanol–water partition coefficient (Wildman–Crippen LogP) is -1.41. The summed E-state index contributed by atoms with van der Waals surface area (Å²) in [6.07, 6.45) is 0.367. The van der Waals surface area contributed by atoms with Gasteiger partial charge in [0.05, 0.1) is 6.04 Å². The Morgan fingerprint density at radius 1 is 1.64 bits per heavy atom. The first-order valence-electron chi connectivity index (χ1n) is 4.04. The van der Waals surface area contributed by atoms with Crippen molar-refractivity contribution in [2.75, 3.05) is 0 Å². The summed E-state index contributed by atoms with van der Waals surface area (Å²) in [6, 6.07) is -1.29. The van der Waals surface area contributed by atoms with Crippen molar-refractivity contribution in [1.82, 2.24) is 5.43 Å². The summed E-state index contributed by atoms with van der Waals surface area (Å²) in [4.78, 5) is 20.8. The first-order valence-corrected chi connectivity index (χ1v) is 4.04. The Hall–Kier alpha value is -1.63. The topological polar surface area (TPSA) is 125 Å². The maximum atomic E-state index is 10.4. The molecule has 14 heavy (non-hydrogen) atoms. The van der Waals surface area contributed by atoms with Gasteiger partial charge in [-0.15, -0.1) is 0 Å². The van der Waals surface area contributed by atoms with E-state index in [2.05, 4.69) is 10.5 Å². The molecule has 0 amide bonds. The molecule has 1 aliphatic heterocycles. The Kier molecular flexibility index (Phi) is 3.03. The average molecular weight is 201 g/mol. The van der Waals surface area contributed by atoms with E-state index in [4.69, 9.17) is 15.9 Å². The largest absolute Gasteiger partial charge is 0.480 e. The van der Waals surface area contributed by atoms with Crippen LogP contribution in [0.15, 0.2) is 5.10 Å². The molecule has 1 heterocycles. The van der Waals surface area contributed by atoms with Crippen molar-refractivity contribution in [3.05, 3.63) is 0 Å². The number of hydrogen-bond acceptors (Lipinski definition) is 5. The van der Waals surface area contributed by atoms with Gasteiger partial charge in [-0.25, -0.2) is 4.79 Å². The van der Waals surface area contributed by atoms with E-state index in [0.29, 0.717) is 0 Å². The molecule has 0 aromatic heterocycles. The fourth-order valence-corrected chi connectivity index (χ4v) is 1.17. The fraction of sp³-hybridized carbons (Fsp3) is 0.571. The number of hydrogen-bond donors (Lipinski definition) is 4. The van der Waals surface area contributed by atoms with E-state index in [1.54, 1.807) is 0 Å². The zero-order valence-corrected chi connectivity index (χ0v) is 7.30. The van der Waals surface area contributed by atoms with Gasteiger partial charge in [0.25, 0.3) is 0 Å². The molecule has 0 aliphatic carbocycles. The molecule has 78 valence electrons. The molecular weight excluding hydrogens is 190 g/mol. The Morgan fingerprint density at radius 2 is 2.29 bits per heavy atom. The normalized spacial score (nSPS) is 22.4. The van der Waals surface area contributed by atoms with Crippen LogP contribution in [-0.4, -0.2) is 39.9 Å². The van der Waals surface area contributed by atoms with Crippen molar-refractivity contribution in [2.24, 2.45) is 10.8 Å². The van der Waals surface area contributed by atoms with Crippen molar-refractivity contribution < 1.29 is 19.8 Å². The Morgan fingerprint density at radius 3 is 2.71 bits per heavy atom. The van der Waals surface area contributed by atoms with Crippen molar-refractivity contribution in [2.45, 2.75) is 24.9 Å². The summed E-state index contributed by atoms with van der Waals surface area (Å²) in [6.45, 7) is 0. The number of carbonyl (C=O) groups is 2. The minimum atomic E-state index is -1.10. The number of nitrogens with one attached hydrogen (secondary N) is 1. The average Bonchev–Trinajstić information content (AvgIpc) is 2.52. The van der Waals surface area contributed by atoms with Gasteiger partial charge in [0.1, 0.15) is 11.8 Å². The number of carboxylic acid groups (broad SMARTS) is 2. The maximum absolute atomic E-state index is 10.4. The van der Waals surface area contributed by atoms with E-state index < -0.39 is 18.0 Å². The lowest BCUT2D eigenvalue weighted by Gasteiger charge is -2.11. The molecule has 7 heteroatoms. The van der Waals surface area contributed by atoms with Gasteiger partial charge in [-0.05, 0) is 6.42 Å². The van der Waals surface area contributed by atoms with Crippen LogP contribution in [0.1, 0.15) is 12.8 Å². The molecule has 7 nitrogen and oxygen atoms in total. The van der Waals surface area contributed by atoms with Gasteiger partial charge in [0.15, 0.2) is 0 Å². The van der Waals surface area contributed by atoms with Crippen LogP contribution in [0, 0.1) is 0 Å². The van der Waals surface area contributed by atoms with Gasteiger partial charge >= 0.3 is 11.9 Å². The van der Waals surface area contributed by atoms with E-state index in [-0.39, 0.29) is 24.6 Å². The zero-order valence-electron chi connectivity index (χ0n) is 7.30. The molecule has 0 saturated heterocycles. The number of nitrogens with two attached hydrogens (primary N) is 1. The zero-order chi connectivity index (χ0) is 10.7. The third kappa shape index (κ3) is 2.43. The van der Waals surface area contributed by atoms with Gasteiger partial charge in [-0.2, -0.15) is 5.10 Å². The molecule has 0 aromatic rings. The van der Waals surface area contributed by atoms with E-state index in [1.165, 1.54) is 0 Å². The second-order valence-corrected chi connectivity index (χ2v) is 3.07. The summed E-state index contributed by atoms with van der Waals surface area (Å²) in [5.41, 5.74) is 7.82. The molecule has 0 bridgehead atoms. The van der Waals surface area contributed by atoms with Gasteiger partial charge in [0.2, 0.25) is 0 Å². The van der Waals surface area contributed by atoms with Gasteiger partial charge in [0, 0.05) is 6.42 Å². The van der Waals surface area contributed by atoms with Crippen molar-refractivity contribution >= 4 is 17.7 Å². The van der Waals surface area contributed by atoms with Gasteiger partial charge < -0.3 is 21.4 Å². The van der Waals surface area contributed by atoms with Crippen LogP contribution in [0.2, 0.25) is 0 Å². The summed E-state index contributed by atoms with van der Waals surface area (Å²) < 4.78 is 0. The molecule has 0 unspecified atom stereocenters. The lowest BCUT2D eigenvalue weighted by Crippen LogP contribution is -2.37. The number of carboxylic acids is 2. The van der Waals surface area contributed by atoms with Crippen LogP contribution in [0.5, 0.6) is 0 Å². The van der Waals surface area contributed by atoms with Crippen LogP contribution < -0.4 is 11.2 Å². The molecule has 0 spiro atoms. The molecule has 5 N–H and O–H groups in total. The minimum absolute atomic E-state index is 0.00703. The second kappa shape index (κ2) is 4.05. The summed E-state index contributed by atoms with van der Waals surface area (Å²) in [7, 11) is 0. The highest BCUT2D eigenvalue weighted by atomic mass is 16.4. The first-order chi connectivity index (χ1) is 6.50. The lowest BCUT2D eigenvalue weighted by molar-refractivity contribution is -0.138. The van der Waals surface area contributed by atoms with Gasteiger partial charge in [-0.3, -0.25) is 4.79 Å². The molecular formula is C7H11N3O4. The Bertz CT molecular complexity index is 289. The smallest absolute Gasteiger partial charge is 0.352 e. The lowest BCUT2D eigenvalue weighted by atomic mass is 10.0. The summed E-state index contributed by atoms with van der Waals surface area (Å²) >= 11 is 0. The molecule has 1 aliphatic rings. The van der Waals surface area contributed by atoms with E-state index >= 15 is 0 Å². The highest BCUT2D eigenvalue weighted by Crippen LogP contribution is 2.09. The Labute approximate surface area is 79.6 Å². The fourth-order valence-electron chi connectivity index (χ4n) is 1.17. The Balaban J connectivity index is 2.39. The molecule has 0 saturated carbocycles. The predicted molar refractivity (Wildman–Crippen MR) is 46.8 cm³/mol. The number of aliphatic carboxylic acids is 2. The number of hydrazone groups is 1. The monoisotopic (exact) mass is 201 g/mol. The summed E-state index contributed by atoms with van der Waals surface area (Å²) in [5.74, 6) is -2.19. The van der Waals surface area contributed by atoms with E-state index in [0.717, 1.165) is 0 Å². The number of rotatable bonds is 4. The van der Waals surface area contributed by atoms with Crippen LogP contribution in [0.3, 0.4) is 0 Å². The third-order valence-electron chi connectivity index (χ3n) is 1.92. The third-order valence-corrected chi connectivity index (χ3v) is 1.92. The van der Waals surface area contributed by atoms with E-state index in [9.17, 15) is 9.59 Å². The van der Waals surface area contributed by atoms with Crippen LogP contribution >= 0.6 is 0 Å². The SMILES string of the molecule is N[C@H](C[C@H]1CC(C(=O)O)=NN1)C(=O)O. The minimum Gasteiger partial charge on any atom is -0.480 e. The standard InChI is InChI=1S/C7H11N3O4/c8-4(6(11)12)1-3-2-5(7(13)14)10-9-3/h3-4,9H,1-2,8H2,(H,11,12)(H,13,14)/t3-,4+/m0/s1. The van der Waals surface area contributed by atoms with Crippen molar-refractivity contribution in [1.29, 1.82) is 0 Å². The van der Waals surface area contributed by atoms with Crippen LogP contribution in [-0.2, 0) is 9.59 Å². The second-order valence-electron chi connectivity index (χ2n) is 3.07. The van der Waals surface area contributed by atoms with Gasteiger partial charge in [-0.1, -0.05) is 0 Å². The van der Waals surface area contributed by atoms with Crippen molar-refractivity contribution in [3.8, 4) is 0 Å². The quantitative estimate of drug-likeness (QED) is 0.443. The molecule has 0 fully saturated rings. The van der Waals surface area contributed by atoms with Crippen molar-refractivity contribution in [3.63, 3.8) is 0 Å². The van der Waals surface area contributed by atoms with E-state index in [1.807, 2.05) is 0 Å². The molecule has 2 atom stereocenters. The molecule has 1 rings (SSSR count). The molecule has 0 aromatic carbocycles. The first kappa shape index (κ1) is 10.5. The summed E-state index contributed by atoms with van der Waals surface area (Å²) in [5, 5.41) is 20.6. The highest BCUT2D eigenvalue weighted by molar-refractivity contribution is 6.36. The number of nitrogens with zero attached hydrogens (tertiary/aromatic N) is 1.